The lowest BCUT2D eigenvalue weighted by atomic mass is 9.99. The minimum absolute atomic E-state index is 0.0855. The average Bonchev–Trinajstić information content (AvgIpc) is 3.01. The molecule has 1 amide bonds. The van der Waals surface area contributed by atoms with Gasteiger partial charge in [-0.05, 0) is 30.7 Å². The molecule has 114 valence electrons. The van der Waals surface area contributed by atoms with Crippen LogP contribution in [0.15, 0.2) is 34.7 Å². The molecular weight excluding hydrogens is 286 g/mol. The zero-order chi connectivity index (χ0) is 15.5. The van der Waals surface area contributed by atoms with Crippen LogP contribution in [0.4, 0.5) is 0 Å². The van der Waals surface area contributed by atoms with Crippen LogP contribution in [0.2, 0.25) is 0 Å². The maximum Gasteiger partial charge on any atom is 0.373 e. The number of ether oxygens (including phenoxy) is 2. The Morgan fingerprint density at radius 3 is 3.00 bits per heavy atom. The summed E-state index contributed by atoms with van der Waals surface area (Å²) in [6.07, 6.45) is 0.725. The van der Waals surface area contributed by atoms with Crippen LogP contribution >= 0.6 is 0 Å². The van der Waals surface area contributed by atoms with Crippen LogP contribution in [0.1, 0.15) is 32.2 Å². The van der Waals surface area contributed by atoms with E-state index in [1.54, 1.807) is 24.3 Å². The van der Waals surface area contributed by atoms with E-state index in [4.69, 9.17) is 9.15 Å². The summed E-state index contributed by atoms with van der Waals surface area (Å²) >= 11 is 0. The average molecular weight is 301 g/mol. The van der Waals surface area contributed by atoms with Crippen molar-refractivity contribution in [1.29, 1.82) is 0 Å². The number of hydrogen-bond donors (Lipinski definition) is 1. The highest BCUT2D eigenvalue weighted by atomic mass is 16.5. The van der Waals surface area contributed by atoms with Gasteiger partial charge in [0.1, 0.15) is 18.1 Å². The number of hydrogen-bond acceptors (Lipinski definition) is 5. The van der Waals surface area contributed by atoms with Crippen LogP contribution in [0, 0.1) is 0 Å². The molecule has 0 atom stereocenters. The zero-order valence-corrected chi connectivity index (χ0v) is 12.0. The van der Waals surface area contributed by atoms with E-state index in [1.807, 2.05) is 6.07 Å². The highest BCUT2D eigenvalue weighted by molar-refractivity contribution is 5.97. The molecule has 1 aliphatic rings. The second-order valence-electron chi connectivity index (χ2n) is 4.83. The molecule has 0 aliphatic carbocycles. The molecule has 0 bridgehead atoms. The number of carbonyl (C=O) groups excluding carboxylic acids is 2. The van der Waals surface area contributed by atoms with Crippen molar-refractivity contribution in [3.05, 3.63) is 53.0 Å². The van der Waals surface area contributed by atoms with Gasteiger partial charge in [0.2, 0.25) is 5.76 Å². The van der Waals surface area contributed by atoms with Crippen molar-refractivity contribution in [2.75, 3.05) is 13.7 Å². The lowest BCUT2D eigenvalue weighted by Crippen LogP contribution is -2.32. The summed E-state index contributed by atoms with van der Waals surface area (Å²) < 4.78 is 15.7. The Labute approximate surface area is 127 Å². The lowest BCUT2D eigenvalue weighted by molar-refractivity contribution is 0.0560. The van der Waals surface area contributed by atoms with Gasteiger partial charge >= 0.3 is 5.97 Å². The second kappa shape index (κ2) is 5.93. The first kappa shape index (κ1) is 14.2. The fourth-order valence-electron chi connectivity index (χ4n) is 2.38. The summed E-state index contributed by atoms with van der Waals surface area (Å²) in [5, 5.41) is 2.80. The third-order valence-corrected chi connectivity index (χ3v) is 3.46. The second-order valence-corrected chi connectivity index (χ2v) is 4.83. The van der Waals surface area contributed by atoms with Crippen molar-refractivity contribution in [1.82, 2.24) is 5.32 Å². The topological polar surface area (TPSA) is 77.8 Å². The van der Waals surface area contributed by atoms with Crippen molar-refractivity contribution >= 4 is 11.9 Å². The molecule has 1 aliphatic heterocycles. The van der Waals surface area contributed by atoms with Crippen LogP contribution in [-0.4, -0.2) is 25.5 Å². The Hall–Kier alpha value is -2.76. The molecule has 6 heteroatoms. The largest absolute Gasteiger partial charge is 0.485 e. The lowest BCUT2D eigenvalue weighted by Gasteiger charge is -2.19. The van der Waals surface area contributed by atoms with Gasteiger partial charge in [-0.25, -0.2) is 4.79 Å². The fourth-order valence-corrected chi connectivity index (χ4v) is 2.38. The maximum absolute atomic E-state index is 11.8. The van der Waals surface area contributed by atoms with Crippen LogP contribution < -0.4 is 10.1 Å². The smallest absolute Gasteiger partial charge is 0.373 e. The molecule has 6 nitrogen and oxygen atoms in total. The first-order chi connectivity index (χ1) is 10.7. The van der Waals surface area contributed by atoms with Gasteiger partial charge in [-0.15, -0.1) is 0 Å². The van der Waals surface area contributed by atoms with Crippen LogP contribution in [0.3, 0.4) is 0 Å². The van der Waals surface area contributed by atoms with E-state index >= 15 is 0 Å². The first-order valence-corrected chi connectivity index (χ1v) is 6.89. The Morgan fingerprint density at radius 2 is 2.18 bits per heavy atom. The van der Waals surface area contributed by atoms with E-state index in [9.17, 15) is 9.59 Å². The SMILES string of the molecule is COC(=O)c1ccc(COc2cccc3c2CCNC3=O)o1. The van der Waals surface area contributed by atoms with Gasteiger partial charge < -0.3 is 19.2 Å². The molecule has 0 unspecified atom stereocenters. The molecular formula is C16H15NO5. The van der Waals surface area contributed by atoms with Gasteiger partial charge in [-0.3, -0.25) is 4.79 Å². The van der Waals surface area contributed by atoms with E-state index in [2.05, 4.69) is 10.1 Å². The third-order valence-electron chi connectivity index (χ3n) is 3.46. The molecule has 1 aromatic carbocycles. The molecule has 0 saturated carbocycles. The molecule has 0 radical (unpaired) electrons. The number of fused-ring (bicyclic) bond motifs is 1. The Bertz CT molecular complexity index is 719. The number of nitrogens with one attached hydrogen (secondary N) is 1. The van der Waals surface area contributed by atoms with Gasteiger partial charge in [-0.2, -0.15) is 0 Å². The predicted molar refractivity (Wildman–Crippen MR) is 76.9 cm³/mol. The van der Waals surface area contributed by atoms with Crippen molar-refractivity contribution in [2.45, 2.75) is 13.0 Å². The van der Waals surface area contributed by atoms with Crippen LogP contribution in [0.25, 0.3) is 0 Å². The zero-order valence-electron chi connectivity index (χ0n) is 12.0. The number of benzene rings is 1. The molecule has 1 N–H and O–H groups in total. The summed E-state index contributed by atoms with van der Waals surface area (Å²) in [5.74, 6) is 0.690. The Kier molecular flexibility index (Phi) is 3.82. The van der Waals surface area contributed by atoms with Crippen LogP contribution in [-0.2, 0) is 17.8 Å². The Morgan fingerprint density at radius 1 is 1.32 bits per heavy atom. The number of carbonyl (C=O) groups is 2. The maximum atomic E-state index is 11.8. The van der Waals surface area contributed by atoms with Gasteiger partial charge in [0.05, 0.1) is 7.11 Å². The number of methoxy groups -OCH3 is 1. The molecule has 22 heavy (non-hydrogen) atoms. The van der Waals surface area contributed by atoms with Crippen molar-refractivity contribution in [2.24, 2.45) is 0 Å². The van der Waals surface area contributed by atoms with E-state index < -0.39 is 5.97 Å². The molecule has 3 rings (SSSR count). The molecule has 0 fully saturated rings. The summed E-state index contributed by atoms with van der Waals surface area (Å²) in [5.41, 5.74) is 1.53. The molecule has 2 aromatic rings. The van der Waals surface area contributed by atoms with Gasteiger partial charge in [0.15, 0.2) is 0 Å². The van der Waals surface area contributed by atoms with Gasteiger partial charge in [0.25, 0.3) is 5.91 Å². The molecule has 2 heterocycles. The number of furan rings is 1. The highest BCUT2D eigenvalue weighted by Gasteiger charge is 2.20. The van der Waals surface area contributed by atoms with Crippen molar-refractivity contribution in [3.8, 4) is 5.75 Å². The van der Waals surface area contributed by atoms with Crippen molar-refractivity contribution in [3.63, 3.8) is 0 Å². The quantitative estimate of drug-likeness (QED) is 0.873. The summed E-state index contributed by atoms with van der Waals surface area (Å²) in [4.78, 5) is 23.1. The predicted octanol–water partition coefficient (Wildman–Crippen LogP) is 1.93. The Balaban J connectivity index is 1.74. The molecule has 0 saturated heterocycles. The number of amides is 1. The monoisotopic (exact) mass is 301 g/mol. The standard InChI is InChI=1S/C16H15NO5/c1-20-16(19)14-6-5-10(22-14)9-21-13-4-2-3-12-11(13)7-8-17-15(12)18/h2-6H,7-9H2,1H3,(H,17,18). The van der Waals surface area contributed by atoms with Gasteiger partial charge in [0, 0.05) is 17.7 Å². The molecule has 1 aromatic heterocycles. The minimum atomic E-state index is -0.528. The van der Waals surface area contributed by atoms with E-state index in [0.717, 1.165) is 12.0 Å². The van der Waals surface area contributed by atoms with Crippen molar-refractivity contribution < 1.29 is 23.5 Å². The van der Waals surface area contributed by atoms with Gasteiger partial charge in [-0.1, -0.05) is 6.07 Å². The van der Waals surface area contributed by atoms with E-state index in [1.165, 1.54) is 7.11 Å². The normalized spacial score (nSPS) is 13.2. The number of rotatable bonds is 4. The van der Waals surface area contributed by atoms with E-state index in [0.29, 0.717) is 23.6 Å². The minimum Gasteiger partial charge on any atom is -0.485 e. The highest BCUT2D eigenvalue weighted by Crippen LogP contribution is 2.26. The van der Waals surface area contributed by atoms with Crippen LogP contribution in [0.5, 0.6) is 5.75 Å². The summed E-state index contributed by atoms with van der Waals surface area (Å²) in [6.45, 7) is 0.772. The summed E-state index contributed by atoms with van der Waals surface area (Å²) in [6, 6.07) is 8.58. The first-order valence-electron chi connectivity index (χ1n) is 6.89. The number of esters is 1. The molecule has 0 spiro atoms. The summed E-state index contributed by atoms with van der Waals surface area (Å²) in [7, 11) is 1.29. The van der Waals surface area contributed by atoms with E-state index in [-0.39, 0.29) is 18.3 Å². The fraction of sp³-hybridized carbons (Fsp3) is 0.250. The third kappa shape index (κ3) is 2.67.